The lowest BCUT2D eigenvalue weighted by molar-refractivity contribution is 0.157. The van der Waals surface area contributed by atoms with Gasteiger partial charge in [0.05, 0.1) is 23.7 Å². The Hall–Kier alpha value is -1.69. The minimum Gasteiger partial charge on any atom is -0.388 e. The van der Waals surface area contributed by atoms with Gasteiger partial charge in [0.25, 0.3) is 0 Å². The van der Waals surface area contributed by atoms with Crippen molar-refractivity contribution in [3.63, 3.8) is 0 Å². The maximum atomic E-state index is 10.3. The van der Waals surface area contributed by atoms with E-state index in [0.717, 1.165) is 29.2 Å². The minimum atomic E-state index is -0.401. The number of aromatic nitrogens is 2. The second kappa shape index (κ2) is 7.92. The quantitative estimate of drug-likeness (QED) is 0.647. The summed E-state index contributed by atoms with van der Waals surface area (Å²) < 4.78 is 2.30. The van der Waals surface area contributed by atoms with Crippen molar-refractivity contribution in [2.24, 2.45) is 0 Å². The Morgan fingerprint density at radius 3 is 2.83 bits per heavy atom. The first-order valence-corrected chi connectivity index (χ1v) is 9.46. The summed E-state index contributed by atoms with van der Waals surface area (Å²) in [6.45, 7) is 5.99. The zero-order chi connectivity index (χ0) is 16.9. The Balaban J connectivity index is 1.65. The molecule has 3 aromatic rings. The molecule has 2 unspecified atom stereocenters. The van der Waals surface area contributed by atoms with Crippen molar-refractivity contribution < 1.29 is 5.11 Å². The van der Waals surface area contributed by atoms with E-state index in [1.165, 1.54) is 5.52 Å². The second-order valence-corrected chi connectivity index (χ2v) is 7.20. The zero-order valence-electron chi connectivity index (χ0n) is 14.3. The van der Waals surface area contributed by atoms with E-state index in [2.05, 4.69) is 41.9 Å². The third-order valence-corrected chi connectivity index (χ3v) is 5.21. The van der Waals surface area contributed by atoms with E-state index in [-0.39, 0.29) is 6.04 Å². The molecule has 5 heteroatoms. The first-order chi connectivity index (χ1) is 11.7. The number of aliphatic hydroxyl groups is 1. The third-order valence-electron chi connectivity index (χ3n) is 4.24. The van der Waals surface area contributed by atoms with Gasteiger partial charge in [-0.25, -0.2) is 4.98 Å². The van der Waals surface area contributed by atoms with Crippen LogP contribution in [-0.2, 0) is 13.1 Å². The lowest BCUT2D eigenvalue weighted by atomic mass is 10.1. The zero-order valence-corrected chi connectivity index (χ0v) is 15.1. The van der Waals surface area contributed by atoms with Crippen LogP contribution in [0.25, 0.3) is 11.0 Å². The maximum absolute atomic E-state index is 10.3. The molecular weight excluding hydrogens is 318 g/mol. The van der Waals surface area contributed by atoms with Crippen LogP contribution in [0, 0.1) is 0 Å². The molecule has 2 atom stereocenters. The van der Waals surface area contributed by atoms with Gasteiger partial charge in [0.2, 0.25) is 0 Å². The Kier molecular flexibility index (Phi) is 5.66. The number of fused-ring (bicyclic) bond motifs is 1. The van der Waals surface area contributed by atoms with E-state index in [0.29, 0.717) is 13.0 Å². The second-order valence-electron chi connectivity index (χ2n) is 6.22. The number of rotatable bonds is 8. The monoisotopic (exact) mass is 343 g/mol. The molecule has 0 saturated carbocycles. The van der Waals surface area contributed by atoms with Gasteiger partial charge in [0, 0.05) is 17.5 Å². The van der Waals surface area contributed by atoms with Gasteiger partial charge in [0.15, 0.2) is 0 Å². The Labute approximate surface area is 147 Å². The van der Waals surface area contributed by atoms with Gasteiger partial charge in [0.1, 0.15) is 5.82 Å². The number of nitrogens with zero attached hydrogens (tertiary/aromatic N) is 2. The molecule has 2 aromatic heterocycles. The van der Waals surface area contributed by atoms with Crippen LogP contribution < -0.4 is 5.32 Å². The lowest BCUT2D eigenvalue weighted by Crippen LogP contribution is -2.28. The van der Waals surface area contributed by atoms with Crippen molar-refractivity contribution in [2.75, 3.05) is 0 Å². The van der Waals surface area contributed by atoms with Crippen LogP contribution in [0.2, 0.25) is 0 Å². The molecule has 0 radical (unpaired) electrons. The fourth-order valence-electron chi connectivity index (χ4n) is 3.01. The fraction of sp³-hybridized carbons (Fsp3) is 0.421. The largest absolute Gasteiger partial charge is 0.388 e. The van der Waals surface area contributed by atoms with Gasteiger partial charge in [-0.1, -0.05) is 25.1 Å². The molecule has 3 rings (SSSR count). The smallest absolute Gasteiger partial charge is 0.123 e. The summed E-state index contributed by atoms with van der Waals surface area (Å²) in [4.78, 5) is 5.80. The highest BCUT2D eigenvalue weighted by Gasteiger charge is 2.15. The number of hydrogen-bond donors (Lipinski definition) is 2. The van der Waals surface area contributed by atoms with Crippen molar-refractivity contribution in [2.45, 2.75) is 51.9 Å². The summed E-state index contributed by atoms with van der Waals surface area (Å²) in [5.41, 5.74) is 2.25. The predicted octanol–water partition coefficient (Wildman–Crippen LogP) is 4.11. The van der Waals surface area contributed by atoms with Crippen LogP contribution in [0.4, 0.5) is 0 Å². The van der Waals surface area contributed by atoms with Gasteiger partial charge in [-0.15, -0.1) is 11.3 Å². The highest BCUT2D eigenvalue weighted by molar-refractivity contribution is 7.10. The summed E-state index contributed by atoms with van der Waals surface area (Å²) in [7, 11) is 0. The summed E-state index contributed by atoms with van der Waals surface area (Å²) in [5, 5.41) is 15.8. The van der Waals surface area contributed by atoms with Crippen LogP contribution in [0.1, 0.15) is 43.5 Å². The number of para-hydroxylation sites is 2. The van der Waals surface area contributed by atoms with Crippen LogP contribution in [0.5, 0.6) is 0 Å². The van der Waals surface area contributed by atoms with Gasteiger partial charge in [-0.2, -0.15) is 0 Å². The highest BCUT2D eigenvalue weighted by atomic mass is 32.1. The average Bonchev–Trinajstić information content (AvgIpc) is 3.22. The molecule has 2 heterocycles. The number of aliphatic hydroxyl groups excluding tert-OH is 1. The van der Waals surface area contributed by atoms with Crippen LogP contribution in [0.15, 0.2) is 41.8 Å². The molecule has 0 spiro atoms. The van der Waals surface area contributed by atoms with E-state index in [4.69, 9.17) is 4.98 Å². The predicted molar refractivity (Wildman–Crippen MR) is 100 cm³/mol. The van der Waals surface area contributed by atoms with Gasteiger partial charge in [-0.3, -0.25) is 0 Å². The SMILES string of the molecule is CCCn1c(CNC(C)CC(O)c2cccs2)nc2ccccc21. The number of imidazole rings is 1. The molecule has 1 aromatic carbocycles. The molecule has 0 amide bonds. The van der Waals surface area contributed by atoms with E-state index < -0.39 is 6.10 Å². The van der Waals surface area contributed by atoms with Crippen LogP contribution in [-0.4, -0.2) is 20.7 Å². The average molecular weight is 343 g/mol. The minimum absolute atomic E-state index is 0.219. The van der Waals surface area contributed by atoms with E-state index in [1.54, 1.807) is 11.3 Å². The fourth-order valence-corrected chi connectivity index (χ4v) is 3.74. The first kappa shape index (κ1) is 17.1. The third kappa shape index (κ3) is 3.86. The summed E-state index contributed by atoms with van der Waals surface area (Å²) >= 11 is 1.61. The standard InChI is InChI=1S/C19H25N3OS/c1-3-10-22-16-8-5-4-7-15(16)21-19(22)13-20-14(2)12-17(23)18-9-6-11-24-18/h4-9,11,14,17,20,23H,3,10,12-13H2,1-2H3. The van der Waals surface area contributed by atoms with Crippen molar-refractivity contribution >= 4 is 22.4 Å². The molecule has 128 valence electrons. The highest BCUT2D eigenvalue weighted by Crippen LogP contribution is 2.23. The molecule has 0 aliphatic heterocycles. The summed E-state index contributed by atoms with van der Waals surface area (Å²) in [6.07, 6.45) is 1.39. The molecule has 0 bridgehead atoms. The van der Waals surface area contributed by atoms with Crippen molar-refractivity contribution in [1.82, 2.24) is 14.9 Å². The van der Waals surface area contributed by atoms with Crippen molar-refractivity contribution in [3.8, 4) is 0 Å². The van der Waals surface area contributed by atoms with Crippen LogP contribution in [0.3, 0.4) is 0 Å². The van der Waals surface area contributed by atoms with Gasteiger partial charge in [-0.05, 0) is 43.3 Å². The van der Waals surface area contributed by atoms with E-state index in [9.17, 15) is 5.11 Å². The number of thiophene rings is 1. The first-order valence-electron chi connectivity index (χ1n) is 8.58. The number of aryl methyl sites for hydroxylation is 1. The topological polar surface area (TPSA) is 50.1 Å². The Morgan fingerprint density at radius 1 is 1.25 bits per heavy atom. The maximum Gasteiger partial charge on any atom is 0.123 e. The molecule has 0 fully saturated rings. The van der Waals surface area contributed by atoms with E-state index >= 15 is 0 Å². The molecular formula is C19H25N3OS. The Bertz CT molecular complexity index is 766. The molecule has 0 aliphatic carbocycles. The molecule has 0 saturated heterocycles. The number of nitrogens with one attached hydrogen (secondary N) is 1. The Morgan fingerprint density at radius 2 is 2.08 bits per heavy atom. The lowest BCUT2D eigenvalue weighted by Gasteiger charge is -2.17. The molecule has 4 nitrogen and oxygen atoms in total. The molecule has 2 N–H and O–H groups in total. The number of benzene rings is 1. The molecule has 0 aliphatic rings. The number of hydrogen-bond acceptors (Lipinski definition) is 4. The van der Waals surface area contributed by atoms with Crippen molar-refractivity contribution in [1.29, 1.82) is 0 Å². The van der Waals surface area contributed by atoms with Crippen molar-refractivity contribution in [3.05, 3.63) is 52.5 Å². The van der Waals surface area contributed by atoms with Gasteiger partial charge >= 0.3 is 0 Å². The normalized spacial score (nSPS) is 14.1. The molecule has 24 heavy (non-hydrogen) atoms. The summed E-state index contributed by atoms with van der Waals surface area (Å²) in [6, 6.07) is 12.5. The van der Waals surface area contributed by atoms with Crippen LogP contribution >= 0.6 is 11.3 Å². The van der Waals surface area contributed by atoms with E-state index in [1.807, 2.05) is 23.6 Å². The van der Waals surface area contributed by atoms with Gasteiger partial charge < -0.3 is 15.0 Å². The summed E-state index contributed by atoms with van der Waals surface area (Å²) in [5.74, 6) is 1.07.